The van der Waals surface area contributed by atoms with Gasteiger partial charge in [-0.1, -0.05) is 72.8 Å². The van der Waals surface area contributed by atoms with E-state index in [0.717, 1.165) is 6.42 Å². The van der Waals surface area contributed by atoms with E-state index in [0.29, 0.717) is 5.92 Å². The van der Waals surface area contributed by atoms with Crippen LogP contribution in [0.15, 0.2) is 72.8 Å². The number of aromatic amines is 1. The zero-order valence-corrected chi connectivity index (χ0v) is 12.8. The first kappa shape index (κ1) is 12.7. The lowest BCUT2D eigenvalue weighted by Crippen LogP contribution is -1.98. The van der Waals surface area contributed by atoms with Crippen molar-refractivity contribution in [3.8, 4) is 0 Å². The minimum absolute atomic E-state index is 0.475. The molecule has 0 fully saturated rings. The first-order valence-corrected chi connectivity index (χ1v) is 8.15. The molecule has 23 heavy (non-hydrogen) atoms. The maximum absolute atomic E-state index is 3.62. The molecule has 1 aromatic heterocycles. The Balaban J connectivity index is 1.63. The fourth-order valence-electron chi connectivity index (χ4n) is 3.84. The Morgan fingerprint density at radius 3 is 2.61 bits per heavy atom. The summed E-state index contributed by atoms with van der Waals surface area (Å²) >= 11 is 0. The summed E-state index contributed by atoms with van der Waals surface area (Å²) in [6, 6.07) is 23.9. The molecule has 1 N–H and O–H groups in total. The predicted molar refractivity (Wildman–Crippen MR) is 97.7 cm³/mol. The molecule has 1 unspecified atom stereocenters. The summed E-state index contributed by atoms with van der Waals surface area (Å²) < 4.78 is 0. The third-order valence-electron chi connectivity index (χ3n) is 4.97. The van der Waals surface area contributed by atoms with Crippen LogP contribution in [0.4, 0.5) is 0 Å². The minimum Gasteiger partial charge on any atom is -0.354 e. The van der Waals surface area contributed by atoms with E-state index in [1.807, 2.05) is 0 Å². The predicted octanol–water partition coefficient (Wildman–Crippen LogP) is 5.67. The molecule has 0 saturated carbocycles. The van der Waals surface area contributed by atoms with Crippen LogP contribution in [-0.2, 0) is 6.42 Å². The second kappa shape index (κ2) is 4.85. The lowest BCUT2D eigenvalue weighted by atomic mass is 9.93. The fraction of sp³-hybridized carbons (Fsp3) is 0.0909. The van der Waals surface area contributed by atoms with Gasteiger partial charge in [0.2, 0.25) is 0 Å². The van der Waals surface area contributed by atoms with E-state index in [2.05, 4.69) is 83.9 Å². The van der Waals surface area contributed by atoms with Gasteiger partial charge in [0.1, 0.15) is 0 Å². The van der Waals surface area contributed by atoms with E-state index in [1.165, 1.54) is 38.5 Å². The maximum atomic E-state index is 3.62. The molecule has 0 aliphatic heterocycles. The molecule has 4 aromatic rings. The molecule has 1 heteroatoms. The van der Waals surface area contributed by atoms with Crippen LogP contribution >= 0.6 is 0 Å². The van der Waals surface area contributed by atoms with Gasteiger partial charge in [-0.15, -0.1) is 0 Å². The van der Waals surface area contributed by atoms with Crippen LogP contribution in [0, 0.1) is 0 Å². The summed E-state index contributed by atoms with van der Waals surface area (Å²) in [5.41, 5.74) is 6.70. The summed E-state index contributed by atoms with van der Waals surface area (Å²) in [7, 11) is 0. The second-order valence-electron chi connectivity index (χ2n) is 6.31. The van der Waals surface area contributed by atoms with E-state index in [9.17, 15) is 0 Å². The Kier molecular flexibility index (Phi) is 2.68. The molecular formula is C22H17N. The molecule has 0 saturated heterocycles. The highest BCUT2D eigenvalue weighted by molar-refractivity contribution is 6.08. The highest BCUT2D eigenvalue weighted by atomic mass is 14.7. The summed E-state index contributed by atoms with van der Waals surface area (Å²) in [6.07, 6.45) is 5.63. The number of rotatable bonds is 2. The Labute approximate surface area is 135 Å². The maximum Gasteiger partial charge on any atom is 0.0497 e. The van der Waals surface area contributed by atoms with Crippen molar-refractivity contribution in [3.05, 3.63) is 89.5 Å². The summed E-state index contributed by atoms with van der Waals surface area (Å²) in [5, 5.41) is 2.64. The van der Waals surface area contributed by atoms with Crippen LogP contribution in [0.3, 0.4) is 0 Å². The number of aromatic nitrogens is 1. The van der Waals surface area contributed by atoms with Crippen molar-refractivity contribution in [2.75, 3.05) is 0 Å². The molecule has 1 atom stereocenters. The van der Waals surface area contributed by atoms with Crippen LogP contribution in [0.1, 0.15) is 22.6 Å². The largest absolute Gasteiger partial charge is 0.354 e. The first-order valence-electron chi connectivity index (χ1n) is 8.15. The number of benzene rings is 3. The van der Waals surface area contributed by atoms with Gasteiger partial charge in [0.15, 0.2) is 0 Å². The van der Waals surface area contributed by atoms with Gasteiger partial charge >= 0.3 is 0 Å². The van der Waals surface area contributed by atoms with Gasteiger partial charge < -0.3 is 4.98 Å². The van der Waals surface area contributed by atoms with Crippen LogP contribution in [0.25, 0.3) is 27.9 Å². The van der Waals surface area contributed by atoms with Gasteiger partial charge in [-0.3, -0.25) is 0 Å². The molecular weight excluding hydrogens is 278 g/mol. The Hall–Kier alpha value is -2.80. The van der Waals surface area contributed by atoms with Crippen LogP contribution in [0.2, 0.25) is 0 Å². The number of fused-ring (bicyclic) bond motifs is 4. The molecule has 5 rings (SSSR count). The van der Waals surface area contributed by atoms with Gasteiger partial charge in [-0.2, -0.15) is 0 Å². The normalized spacial score (nSPS) is 16.3. The molecule has 110 valence electrons. The molecule has 1 aliphatic rings. The van der Waals surface area contributed by atoms with Crippen molar-refractivity contribution in [1.82, 2.24) is 4.98 Å². The van der Waals surface area contributed by atoms with Crippen molar-refractivity contribution in [2.24, 2.45) is 0 Å². The van der Waals surface area contributed by atoms with Gasteiger partial charge in [0.25, 0.3) is 0 Å². The number of hydrogen-bond acceptors (Lipinski definition) is 0. The zero-order valence-electron chi connectivity index (χ0n) is 12.8. The molecule has 0 radical (unpaired) electrons. The Morgan fingerprint density at radius 1 is 0.783 bits per heavy atom. The van der Waals surface area contributed by atoms with E-state index in [1.54, 1.807) is 0 Å². The van der Waals surface area contributed by atoms with E-state index in [-0.39, 0.29) is 0 Å². The summed E-state index contributed by atoms with van der Waals surface area (Å²) in [4.78, 5) is 3.62. The van der Waals surface area contributed by atoms with E-state index >= 15 is 0 Å². The molecule has 1 heterocycles. The topological polar surface area (TPSA) is 15.8 Å². The molecule has 3 aromatic carbocycles. The lowest BCUT2D eigenvalue weighted by molar-refractivity contribution is 0.855. The number of H-pyrrole nitrogens is 1. The number of para-hydroxylation sites is 2. The highest BCUT2D eigenvalue weighted by Gasteiger charge is 2.18. The quantitative estimate of drug-likeness (QED) is 0.490. The lowest BCUT2D eigenvalue weighted by Gasteiger charge is -2.12. The van der Waals surface area contributed by atoms with Crippen molar-refractivity contribution in [1.29, 1.82) is 0 Å². The number of nitrogens with one attached hydrogen (secondary N) is 1. The third-order valence-corrected chi connectivity index (χ3v) is 4.97. The standard InChI is InChI=1S/C22H17N/c1-2-8-18-15(6-1)12-13-16(18)14-17-7-5-10-20-19-9-3-4-11-21(19)23-22(17)20/h1-13,16,23H,14H2. The number of allylic oxidation sites excluding steroid dienone is 1. The van der Waals surface area contributed by atoms with Gasteiger partial charge in [-0.25, -0.2) is 0 Å². The van der Waals surface area contributed by atoms with Crippen LogP contribution in [0.5, 0.6) is 0 Å². The Bertz CT molecular complexity index is 1050. The van der Waals surface area contributed by atoms with Gasteiger partial charge in [0.05, 0.1) is 0 Å². The molecule has 1 aliphatic carbocycles. The number of hydrogen-bond donors (Lipinski definition) is 1. The molecule has 0 spiro atoms. The second-order valence-corrected chi connectivity index (χ2v) is 6.31. The molecule has 0 amide bonds. The van der Waals surface area contributed by atoms with Crippen molar-refractivity contribution in [3.63, 3.8) is 0 Å². The average molecular weight is 295 g/mol. The smallest absolute Gasteiger partial charge is 0.0497 e. The summed E-state index contributed by atoms with van der Waals surface area (Å²) in [6.45, 7) is 0. The average Bonchev–Trinajstić information content (AvgIpc) is 3.17. The molecule has 1 nitrogen and oxygen atoms in total. The van der Waals surface area contributed by atoms with Crippen molar-refractivity contribution < 1.29 is 0 Å². The van der Waals surface area contributed by atoms with E-state index < -0.39 is 0 Å². The summed E-state index contributed by atoms with van der Waals surface area (Å²) in [5.74, 6) is 0.475. The third kappa shape index (κ3) is 1.93. The fourth-order valence-corrected chi connectivity index (χ4v) is 3.84. The minimum atomic E-state index is 0.475. The van der Waals surface area contributed by atoms with Crippen LogP contribution < -0.4 is 0 Å². The highest BCUT2D eigenvalue weighted by Crippen LogP contribution is 2.35. The molecule has 0 bridgehead atoms. The van der Waals surface area contributed by atoms with Crippen LogP contribution in [-0.4, -0.2) is 4.98 Å². The van der Waals surface area contributed by atoms with Crippen molar-refractivity contribution >= 4 is 27.9 Å². The zero-order chi connectivity index (χ0) is 15.2. The Morgan fingerprint density at radius 2 is 1.61 bits per heavy atom. The van der Waals surface area contributed by atoms with E-state index in [4.69, 9.17) is 0 Å². The van der Waals surface area contributed by atoms with Crippen molar-refractivity contribution in [2.45, 2.75) is 12.3 Å². The monoisotopic (exact) mass is 295 g/mol. The first-order chi connectivity index (χ1) is 11.4. The van der Waals surface area contributed by atoms with Gasteiger partial charge in [-0.05, 0) is 29.2 Å². The van der Waals surface area contributed by atoms with Gasteiger partial charge in [0, 0.05) is 27.7 Å². The SMILES string of the molecule is C1=CC(Cc2cccc3c2[nH]c2ccccc23)c2ccccc21.